The first-order chi connectivity index (χ1) is 14.5. The van der Waals surface area contributed by atoms with Crippen LogP contribution in [-0.4, -0.2) is 18.4 Å². The van der Waals surface area contributed by atoms with Gasteiger partial charge in [0.2, 0.25) is 0 Å². The summed E-state index contributed by atoms with van der Waals surface area (Å²) in [5.41, 5.74) is 4.63. The Bertz CT molecular complexity index is 1110. The van der Waals surface area contributed by atoms with Crippen LogP contribution in [0, 0.1) is 6.92 Å². The van der Waals surface area contributed by atoms with Gasteiger partial charge in [0.25, 0.3) is 11.8 Å². The van der Waals surface area contributed by atoms with Crippen LogP contribution in [0.2, 0.25) is 5.02 Å². The maximum atomic E-state index is 13.3. The summed E-state index contributed by atoms with van der Waals surface area (Å²) in [7, 11) is 0. The molecule has 0 unspecified atom stereocenters. The normalized spacial score (nSPS) is 12.9. The van der Waals surface area contributed by atoms with Crippen molar-refractivity contribution in [2.75, 3.05) is 16.8 Å². The maximum Gasteiger partial charge on any atom is 0.259 e. The van der Waals surface area contributed by atoms with E-state index in [1.54, 1.807) is 24.3 Å². The zero-order chi connectivity index (χ0) is 21.1. The fourth-order valence-electron chi connectivity index (χ4n) is 3.84. The number of rotatable bonds is 3. The Morgan fingerprint density at radius 1 is 0.935 bits per heavy atom. The van der Waals surface area contributed by atoms with Gasteiger partial charge in [0.15, 0.2) is 0 Å². The van der Waals surface area contributed by atoms with Gasteiger partial charge in [0.05, 0.1) is 10.6 Å². The smallest absolute Gasteiger partial charge is 0.259 e. The molecule has 0 saturated heterocycles. The van der Waals surface area contributed by atoms with Crippen molar-refractivity contribution in [1.29, 1.82) is 0 Å². The summed E-state index contributed by atoms with van der Waals surface area (Å²) in [5.74, 6) is -0.323. The summed E-state index contributed by atoms with van der Waals surface area (Å²) < 4.78 is 0. The molecule has 3 aromatic rings. The summed E-state index contributed by atoms with van der Waals surface area (Å²) in [6.07, 6.45) is 2.97. The highest BCUT2D eigenvalue weighted by molar-refractivity contribution is 6.35. The molecule has 0 aromatic heterocycles. The molecule has 0 fully saturated rings. The monoisotopic (exact) mass is 454 g/mol. The summed E-state index contributed by atoms with van der Waals surface area (Å²) in [6.45, 7) is 2.56. The first kappa shape index (κ1) is 22.9. The number of para-hydroxylation sites is 1. The van der Waals surface area contributed by atoms with Crippen molar-refractivity contribution in [2.45, 2.75) is 26.2 Å². The molecule has 0 bridgehead atoms. The molecule has 4 nitrogen and oxygen atoms in total. The van der Waals surface area contributed by atoms with Crippen LogP contribution >= 0.6 is 24.0 Å². The molecular formula is C25H24Cl2N2O2. The van der Waals surface area contributed by atoms with E-state index in [4.69, 9.17) is 11.6 Å². The van der Waals surface area contributed by atoms with Crippen LogP contribution in [0.25, 0.3) is 0 Å². The van der Waals surface area contributed by atoms with Gasteiger partial charge in [0, 0.05) is 23.5 Å². The third kappa shape index (κ3) is 4.92. The van der Waals surface area contributed by atoms with Crippen molar-refractivity contribution < 1.29 is 9.59 Å². The fraction of sp³-hybridized carbons (Fsp3) is 0.200. The van der Waals surface area contributed by atoms with Gasteiger partial charge >= 0.3 is 0 Å². The molecule has 0 aliphatic carbocycles. The second kappa shape index (κ2) is 9.99. The van der Waals surface area contributed by atoms with Crippen molar-refractivity contribution >= 4 is 47.2 Å². The number of benzene rings is 3. The largest absolute Gasteiger partial charge is 0.322 e. The standard InChI is InChI=1S/C25H23ClN2O2.ClH/c1-17-8-2-4-11-20(17)24(29)27-19-13-14-21(22(26)16-19)25(30)28-15-7-6-10-18-9-3-5-12-23(18)28;/h2-5,8-9,11-14,16H,6-7,10,15H2,1H3,(H,27,29);1H. The molecule has 1 heterocycles. The summed E-state index contributed by atoms with van der Waals surface area (Å²) in [4.78, 5) is 27.7. The van der Waals surface area contributed by atoms with Gasteiger partial charge in [-0.3, -0.25) is 9.59 Å². The Hall–Kier alpha value is -2.82. The Labute approximate surface area is 193 Å². The minimum atomic E-state index is -0.204. The predicted octanol–water partition coefficient (Wildman–Crippen LogP) is 6.31. The average molecular weight is 455 g/mol. The number of nitrogens with one attached hydrogen (secondary N) is 1. The van der Waals surface area contributed by atoms with Crippen molar-refractivity contribution in [2.24, 2.45) is 0 Å². The topological polar surface area (TPSA) is 49.4 Å². The summed E-state index contributed by atoms with van der Waals surface area (Å²) in [5, 5.41) is 3.19. The molecule has 31 heavy (non-hydrogen) atoms. The van der Waals surface area contributed by atoms with Crippen molar-refractivity contribution in [3.05, 3.63) is 94.0 Å². The van der Waals surface area contributed by atoms with Crippen molar-refractivity contribution in [1.82, 2.24) is 0 Å². The molecule has 6 heteroatoms. The number of carbonyl (C=O) groups excluding carboxylic acids is 2. The van der Waals surface area contributed by atoms with Crippen LogP contribution in [0.4, 0.5) is 11.4 Å². The lowest BCUT2D eigenvalue weighted by Crippen LogP contribution is -2.32. The Morgan fingerprint density at radius 2 is 1.68 bits per heavy atom. The van der Waals surface area contributed by atoms with Gasteiger partial charge in [-0.1, -0.05) is 48.0 Å². The molecule has 0 spiro atoms. The molecule has 1 N–H and O–H groups in total. The second-order valence-corrected chi connectivity index (χ2v) is 7.91. The van der Waals surface area contributed by atoms with Gasteiger partial charge in [-0.2, -0.15) is 0 Å². The van der Waals surface area contributed by atoms with Crippen LogP contribution in [0.15, 0.2) is 66.7 Å². The fourth-order valence-corrected chi connectivity index (χ4v) is 4.10. The second-order valence-electron chi connectivity index (χ2n) is 7.51. The zero-order valence-electron chi connectivity index (χ0n) is 17.2. The molecule has 0 radical (unpaired) electrons. The van der Waals surface area contributed by atoms with Crippen LogP contribution < -0.4 is 10.2 Å². The van der Waals surface area contributed by atoms with Crippen LogP contribution in [0.1, 0.15) is 44.7 Å². The van der Waals surface area contributed by atoms with Gasteiger partial charge in [-0.05, 0) is 67.6 Å². The third-order valence-corrected chi connectivity index (χ3v) is 5.77. The minimum absolute atomic E-state index is 0. The number of aryl methyl sites for hydroxylation is 2. The van der Waals surface area contributed by atoms with E-state index in [0.29, 0.717) is 28.4 Å². The number of carbonyl (C=O) groups is 2. The van der Waals surface area contributed by atoms with Crippen LogP contribution in [0.3, 0.4) is 0 Å². The lowest BCUT2D eigenvalue weighted by atomic mass is 10.1. The molecule has 4 rings (SSSR count). The molecule has 0 saturated carbocycles. The van der Waals surface area contributed by atoms with Gasteiger partial charge in [-0.25, -0.2) is 0 Å². The third-order valence-electron chi connectivity index (χ3n) is 5.45. The average Bonchev–Trinajstić information content (AvgIpc) is 2.96. The number of hydrogen-bond donors (Lipinski definition) is 1. The maximum absolute atomic E-state index is 13.3. The van der Waals surface area contributed by atoms with E-state index < -0.39 is 0 Å². The predicted molar refractivity (Wildman–Crippen MR) is 129 cm³/mol. The first-order valence-corrected chi connectivity index (χ1v) is 10.5. The molecule has 2 amide bonds. The van der Waals surface area contributed by atoms with E-state index in [2.05, 4.69) is 11.4 Å². The highest BCUT2D eigenvalue weighted by Gasteiger charge is 2.24. The van der Waals surface area contributed by atoms with E-state index in [1.807, 2.05) is 48.2 Å². The van der Waals surface area contributed by atoms with E-state index >= 15 is 0 Å². The van der Waals surface area contributed by atoms with E-state index in [1.165, 1.54) is 5.56 Å². The van der Waals surface area contributed by atoms with E-state index in [0.717, 1.165) is 30.5 Å². The lowest BCUT2D eigenvalue weighted by molar-refractivity contribution is 0.0986. The van der Waals surface area contributed by atoms with E-state index in [-0.39, 0.29) is 24.2 Å². The number of halogens is 2. The SMILES string of the molecule is Cc1ccccc1C(=O)Nc1ccc(C(=O)N2CCCCc3ccccc32)c(Cl)c1.Cl. The molecule has 0 atom stereocenters. The highest BCUT2D eigenvalue weighted by Crippen LogP contribution is 2.30. The summed E-state index contributed by atoms with van der Waals surface area (Å²) >= 11 is 6.47. The van der Waals surface area contributed by atoms with Crippen LogP contribution in [-0.2, 0) is 6.42 Å². The molecule has 3 aromatic carbocycles. The first-order valence-electron chi connectivity index (χ1n) is 10.1. The van der Waals surface area contributed by atoms with Crippen LogP contribution in [0.5, 0.6) is 0 Å². The van der Waals surface area contributed by atoms with Gasteiger partial charge in [-0.15, -0.1) is 12.4 Å². The van der Waals surface area contributed by atoms with E-state index in [9.17, 15) is 9.59 Å². The Balaban J connectivity index is 0.00000272. The number of hydrogen-bond acceptors (Lipinski definition) is 2. The summed E-state index contributed by atoms with van der Waals surface area (Å²) in [6, 6.07) is 20.5. The number of anilines is 2. The molecule has 160 valence electrons. The molecule has 1 aliphatic heterocycles. The van der Waals surface area contributed by atoms with Gasteiger partial charge in [0.1, 0.15) is 0 Å². The highest BCUT2D eigenvalue weighted by atomic mass is 35.5. The number of nitrogens with zero attached hydrogens (tertiary/aromatic N) is 1. The Morgan fingerprint density at radius 3 is 2.45 bits per heavy atom. The van der Waals surface area contributed by atoms with Crippen molar-refractivity contribution in [3.8, 4) is 0 Å². The van der Waals surface area contributed by atoms with Crippen molar-refractivity contribution in [3.63, 3.8) is 0 Å². The molecule has 1 aliphatic rings. The molecular weight excluding hydrogens is 431 g/mol. The quantitative estimate of drug-likeness (QED) is 0.504. The number of fused-ring (bicyclic) bond motifs is 1. The number of amides is 2. The zero-order valence-corrected chi connectivity index (χ0v) is 18.8. The minimum Gasteiger partial charge on any atom is -0.322 e. The lowest BCUT2D eigenvalue weighted by Gasteiger charge is -2.23. The Kier molecular flexibility index (Phi) is 7.37. The van der Waals surface area contributed by atoms with Gasteiger partial charge < -0.3 is 10.2 Å².